The van der Waals surface area contributed by atoms with Crippen LogP contribution < -0.4 is 0 Å². The van der Waals surface area contributed by atoms with E-state index in [2.05, 4.69) is 11.8 Å². The smallest absolute Gasteiger partial charge is 0.103 e. The van der Waals surface area contributed by atoms with Crippen LogP contribution in [0.4, 0.5) is 0 Å². The lowest BCUT2D eigenvalue weighted by Crippen LogP contribution is -2.43. The Morgan fingerprint density at radius 3 is 1.47 bits per heavy atom. The Kier molecular flexibility index (Phi) is 6.37. The summed E-state index contributed by atoms with van der Waals surface area (Å²) in [6.07, 6.45) is 0.0556. The van der Waals surface area contributed by atoms with Gasteiger partial charge >= 0.3 is 0 Å². The lowest BCUT2D eigenvalue weighted by Gasteiger charge is -2.28. The van der Waals surface area contributed by atoms with Gasteiger partial charge in [0, 0.05) is 28.4 Å². The minimum atomic E-state index is 0.0278. The Labute approximate surface area is 104 Å². The largest absolute Gasteiger partial charge is 0.383 e. The maximum absolute atomic E-state index is 5.59. The minimum Gasteiger partial charge on any atom is -0.383 e. The van der Waals surface area contributed by atoms with Crippen LogP contribution >= 0.6 is 0 Å². The van der Waals surface area contributed by atoms with E-state index in [9.17, 15) is 0 Å². The van der Waals surface area contributed by atoms with Crippen molar-refractivity contribution < 1.29 is 18.9 Å². The van der Waals surface area contributed by atoms with Gasteiger partial charge < -0.3 is 18.9 Å². The van der Waals surface area contributed by atoms with E-state index in [4.69, 9.17) is 18.9 Å². The number of hydrogen-bond donors (Lipinski definition) is 0. The van der Waals surface area contributed by atoms with Gasteiger partial charge in [0.1, 0.15) is 12.2 Å². The summed E-state index contributed by atoms with van der Waals surface area (Å²) in [5.74, 6) is 0. The van der Waals surface area contributed by atoms with Crippen molar-refractivity contribution >= 4 is 0 Å². The number of ether oxygens (including phenoxy) is 4. The number of methoxy groups -OCH3 is 4. The van der Waals surface area contributed by atoms with Crippen LogP contribution in [0.15, 0.2) is 0 Å². The normalized spacial score (nSPS) is 34.4. The van der Waals surface area contributed by atoms with Gasteiger partial charge in [-0.1, -0.05) is 6.92 Å². The molecule has 0 aliphatic carbocycles. The van der Waals surface area contributed by atoms with Gasteiger partial charge in [0.15, 0.2) is 0 Å². The maximum atomic E-state index is 5.59. The molecule has 4 atom stereocenters. The first-order chi connectivity index (χ1) is 8.24. The maximum Gasteiger partial charge on any atom is 0.103 e. The third-order valence-electron chi connectivity index (χ3n) is 3.52. The van der Waals surface area contributed by atoms with Crippen LogP contribution in [0, 0.1) is 0 Å². The molecule has 102 valence electrons. The Morgan fingerprint density at radius 1 is 0.824 bits per heavy atom. The molecule has 0 N–H and O–H groups in total. The Balaban J connectivity index is 2.87. The van der Waals surface area contributed by atoms with E-state index >= 15 is 0 Å². The first-order valence-corrected chi connectivity index (χ1v) is 6.04. The number of rotatable bonds is 7. The van der Waals surface area contributed by atoms with E-state index in [0.29, 0.717) is 13.2 Å². The second kappa shape index (κ2) is 7.28. The standard InChI is InChI=1S/C12H25NO4/c1-6-13-9(7-14-2)11(16-4)12(17-5)10(13)8-15-3/h9-12H,6-8H2,1-5H3. The van der Waals surface area contributed by atoms with Gasteiger partial charge in [-0.3, -0.25) is 4.90 Å². The first kappa shape index (κ1) is 14.9. The van der Waals surface area contributed by atoms with Crippen molar-refractivity contribution in [1.29, 1.82) is 0 Å². The van der Waals surface area contributed by atoms with Crippen LogP contribution in [-0.2, 0) is 18.9 Å². The molecule has 1 rings (SSSR count). The average Bonchev–Trinajstić information content (AvgIpc) is 2.62. The van der Waals surface area contributed by atoms with Crippen molar-refractivity contribution in [2.45, 2.75) is 31.2 Å². The molecule has 1 fully saturated rings. The summed E-state index contributed by atoms with van der Waals surface area (Å²) in [6.45, 7) is 4.36. The van der Waals surface area contributed by atoms with Gasteiger partial charge in [-0.25, -0.2) is 0 Å². The Morgan fingerprint density at radius 2 is 1.24 bits per heavy atom. The topological polar surface area (TPSA) is 40.2 Å². The molecule has 1 saturated heterocycles. The molecule has 1 aliphatic rings. The molecule has 0 aromatic heterocycles. The fraction of sp³-hybridized carbons (Fsp3) is 1.00. The van der Waals surface area contributed by atoms with E-state index < -0.39 is 0 Å². The SMILES string of the molecule is CCN1C(COC)C(OC)C(OC)C1COC. The highest BCUT2D eigenvalue weighted by Crippen LogP contribution is 2.29. The Bertz CT molecular complexity index is 195. The summed E-state index contributed by atoms with van der Waals surface area (Å²) < 4.78 is 21.8. The number of likely N-dealkylation sites (tertiary alicyclic amines) is 1. The van der Waals surface area contributed by atoms with Crippen molar-refractivity contribution in [2.75, 3.05) is 48.2 Å². The second-order valence-corrected chi connectivity index (χ2v) is 4.28. The fourth-order valence-corrected chi connectivity index (χ4v) is 2.84. The summed E-state index contributed by atoms with van der Waals surface area (Å²) >= 11 is 0. The van der Waals surface area contributed by atoms with Crippen molar-refractivity contribution in [3.63, 3.8) is 0 Å². The zero-order valence-corrected chi connectivity index (χ0v) is 11.5. The van der Waals surface area contributed by atoms with Crippen molar-refractivity contribution in [3.8, 4) is 0 Å². The summed E-state index contributed by atoms with van der Waals surface area (Å²) in [7, 11) is 6.88. The molecule has 1 aliphatic heterocycles. The van der Waals surface area contributed by atoms with E-state index in [-0.39, 0.29) is 24.3 Å². The van der Waals surface area contributed by atoms with Crippen molar-refractivity contribution in [1.82, 2.24) is 4.90 Å². The predicted molar refractivity (Wildman–Crippen MR) is 65.3 cm³/mol. The van der Waals surface area contributed by atoms with E-state index in [1.54, 1.807) is 28.4 Å². The highest BCUT2D eigenvalue weighted by Gasteiger charge is 2.48. The van der Waals surface area contributed by atoms with Gasteiger partial charge in [-0.05, 0) is 6.54 Å². The summed E-state index contributed by atoms with van der Waals surface area (Å²) in [6, 6.07) is 0.445. The van der Waals surface area contributed by atoms with Gasteiger partial charge in [-0.15, -0.1) is 0 Å². The monoisotopic (exact) mass is 247 g/mol. The van der Waals surface area contributed by atoms with Crippen molar-refractivity contribution in [2.24, 2.45) is 0 Å². The van der Waals surface area contributed by atoms with E-state index in [0.717, 1.165) is 6.54 Å². The van der Waals surface area contributed by atoms with Crippen molar-refractivity contribution in [3.05, 3.63) is 0 Å². The third kappa shape index (κ3) is 2.98. The van der Waals surface area contributed by atoms with Gasteiger partial charge in [0.25, 0.3) is 0 Å². The van der Waals surface area contributed by atoms with Crippen LogP contribution in [0.2, 0.25) is 0 Å². The number of hydrogen-bond acceptors (Lipinski definition) is 5. The van der Waals surface area contributed by atoms with Crippen LogP contribution in [-0.4, -0.2) is 77.4 Å². The van der Waals surface area contributed by atoms with E-state index in [1.807, 2.05) is 0 Å². The van der Waals surface area contributed by atoms with Crippen LogP contribution in [0.3, 0.4) is 0 Å². The van der Waals surface area contributed by atoms with Gasteiger partial charge in [-0.2, -0.15) is 0 Å². The van der Waals surface area contributed by atoms with Crippen LogP contribution in [0.5, 0.6) is 0 Å². The molecule has 0 saturated carbocycles. The lowest BCUT2D eigenvalue weighted by molar-refractivity contribution is -0.0418. The molecule has 0 radical (unpaired) electrons. The molecule has 0 aromatic carbocycles. The first-order valence-electron chi connectivity index (χ1n) is 6.04. The molecule has 17 heavy (non-hydrogen) atoms. The highest BCUT2D eigenvalue weighted by molar-refractivity contribution is 5.02. The minimum absolute atomic E-state index is 0.0278. The third-order valence-corrected chi connectivity index (χ3v) is 3.52. The number of nitrogens with zero attached hydrogens (tertiary/aromatic N) is 1. The zero-order chi connectivity index (χ0) is 12.8. The summed E-state index contributed by atoms with van der Waals surface area (Å²) in [5, 5.41) is 0. The molecule has 5 heteroatoms. The predicted octanol–water partition coefficient (Wildman–Crippen LogP) is 0.382. The molecule has 5 nitrogen and oxygen atoms in total. The van der Waals surface area contributed by atoms with E-state index in [1.165, 1.54) is 0 Å². The zero-order valence-electron chi connectivity index (χ0n) is 11.5. The highest BCUT2D eigenvalue weighted by atomic mass is 16.5. The molecule has 0 bridgehead atoms. The number of likely N-dealkylation sites (N-methyl/N-ethyl adjacent to an activating group) is 1. The Hall–Kier alpha value is -0.200. The summed E-state index contributed by atoms with van der Waals surface area (Å²) in [4.78, 5) is 2.34. The van der Waals surface area contributed by atoms with Crippen LogP contribution in [0.25, 0.3) is 0 Å². The molecular formula is C12H25NO4. The molecule has 4 unspecified atom stereocenters. The summed E-state index contributed by atoms with van der Waals surface area (Å²) in [5.41, 5.74) is 0. The lowest BCUT2D eigenvalue weighted by atomic mass is 10.1. The van der Waals surface area contributed by atoms with Gasteiger partial charge in [0.05, 0.1) is 25.3 Å². The molecular weight excluding hydrogens is 222 g/mol. The fourth-order valence-electron chi connectivity index (χ4n) is 2.84. The van der Waals surface area contributed by atoms with Crippen LogP contribution in [0.1, 0.15) is 6.92 Å². The van der Waals surface area contributed by atoms with Gasteiger partial charge in [0.2, 0.25) is 0 Å². The average molecular weight is 247 g/mol. The molecule has 1 heterocycles. The molecule has 0 aromatic rings. The second-order valence-electron chi connectivity index (χ2n) is 4.28. The molecule has 0 amide bonds. The molecule has 0 spiro atoms. The quantitative estimate of drug-likeness (QED) is 0.650.